The van der Waals surface area contributed by atoms with E-state index in [1.165, 1.54) is 0 Å². The number of hydrogen-bond donors (Lipinski definition) is 1. The zero-order valence-corrected chi connectivity index (χ0v) is 23.1. The quantitative estimate of drug-likeness (QED) is 0.232. The van der Waals surface area contributed by atoms with Crippen LogP contribution in [0.5, 0.6) is 11.5 Å². The lowest BCUT2D eigenvalue weighted by Gasteiger charge is -2.44. The van der Waals surface area contributed by atoms with Crippen LogP contribution in [0.2, 0.25) is 0 Å². The SMILES string of the molecule is COc1ccc(O[C@H]2OC(COCc3ccccc3)[C@@H](O)C(OCc3ccccc3)C2OCc2ccccc2)cc1. The summed E-state index contributed by atoms with van der Waals surface area (Å²) >= 11 is 0. The summed E-state index contributed by atoms with van der Waals surface area (Å²) in [5.74, 6) is 1.29. The van der Waals surface area contributed by atoms with Gasteiger partial charge in [-0.3, -0.25) is 0 Å². The van der Waals surface area contributed by atoms with Gasteiger partial charge in [0, 0.05) is 0 Å². The fraction of sp³-hybridized carbons (Fsp3) is 0.294. The van der Waals surface area contributed by atoms with E-state index in [9.17, 15) is 5.11 Å². The summed E-state index contributed by atoms with van der Waals surface area (Å²) in [5, 5.41) is 11.5. The maximum Gasteiger partial charge on any atom is 0.229 e. The summed E-state index contributed by atoms with van der Waals surface area (Å²) < 4.78 is 36.7. The monoisotopic (exact) mass is 556 g/mol. The molecule has 1 aliphatic heterocycles. The molecule has 4 aromatic carbocycles. The molecule has 7 heteroatoms. The lowest BCUT2D eigenvalue weighted by atomic mass is 9.98. The molecule has 5 atom stereocenters. The maximum absolute atomic E-state index is 11.5. The number of rotatable bonds is 13. The van der Waals surface area contributed by atoms with Crippen LogP contribution in [0.1, 0.15) is 16.7 Å². The third kappa shape index (κ3) is 8.16. The summed E-state index contributed by atoms with van der Waals surface area (Å²) in [5.41, 5.74) is 3.00. The van der Waals surface area contributed by atoms with Gasteiger partial charge >= 0.3 is 0 Å². The molecule has 0 aromatic heterocycles. The summed E-state index contributed by atoms with van der Waals surface area (Å²) in [6.45, 7) is 1.13. The first kappa shape index (κ1) is 28.8. The van der Waals surface area contributed by atoms with Gasteiger partial charge < -0.3 is 33.5 Å². The molecule has 1 heterocycles. The first-order chi connectivity index (χ1) is 20.2. The van der Waals surface area contributed by atoms with Crippen LogP contribution in [0.25, 0.3) is 0 Å². The molecule has 214 valence electrons. The van der Waals surface area contributed by atoms with Crippen molar-refractivity contribution >= 4 is 0 Å². The van der Waals surface area contributed by atoms with Crippen molar-refractivity contribution in [1.82, 2.24) is 0 Å². The standard InChI is InChI=1S/C34H36O7/c1-36-28-17-19-29(20-18-28)40-34-33(39-23-27-15-9-4-10-16-27)32(38-22-26-13-7-3-8-14-26)31(35)30(41-34)24-37-21-25-11-5-2-6-12-25/h2-20,30-35H,21-24H2,1H3/t30?,31-,32?,33?,34+/m1/s1. The summed E-state index contributed by atoms with van der Waals surface area (Å²) in [4.78, 5) is 0. The molecular weight excluding hydrogens is 520 g/mol. The molecule has 0 amide bonds. The van der Waals surface area contributed by atoms with E-state index in [1.54, 1.807) is 7.11 Å². The zero-order chi connectivity index (χ0) is 28.3. The number of benzene rings is 4. The molecule has 0 spiro atoms. The van der Waals surface area contributed by atoms with Crippen LogP contribution in [0, 0.1) is 0 Å². The molecule has 3 unspecified atom stereocenters. The molecule has 5 rings (SSSR count). The highest BCUT2D eigenvalue weighted by Crippen LogP contribution is 2.31. The fourth-order valence-electron chi connectivity index (χ4n) is 4.68. The average molecular weight is 557 g/mol. The Hall–Kier alpha value is -3.72. The van der Waals surface area contributed by atoms with Gasteiger partial charge in [-0.15, -0.1) is 0 Å². The van der Waals surface area contributed by atoms with Crippen molar-refractivity contribution < 1.29 is 33.5 Å². The topological polar surface area (TPSA) is 75.6 Å². The van der Waals surface area contributed by atoms with Gasteiger partial charge in [-0.05, 0) is 41.0 Å². The molecule has 0 aliphatic carbocycles. The minimum atomic E-state index is -1.02. The normalized spacial score (nSPS) is 22.2. The van der Waals surface area contributed by atoms with Gasteiger partial charge in [0.15, 0.2) is 0 Å². The van der Waals surface area contributed by atoms with Crippen molar-refractivity contribution in [1.29, 1.82) is 0 Å². The van der Waals surface area contributed by atoms with Crippen molar-refractivity contribution in [3.05, 3.63) is 132 Å². The Kier molecular flexibility index (Phi) is 10.4. The third-order valence-electron chi connectivity index (χ3n) is 6.89. The number of hydrogen-bond acceptors (Lipinski definition) is 7. The van der Waals surface area contributed by atoms with E-state index in [-0.39, 0.29) is 6.61 Å². The van der Waals surface area contributed by atoms with Crippen molar-refractivity contribution in [2.45, 2.75) is 50.5 Å². The second-order valence-electron chi connectivity index (χ2n) is 9.85. The van der Waals surface area contributed by atoms with Crippen LogP contribution in [-0.2, 0) is 38.8 Å². The van der Waals surface area contributed by atoms with Crippen molar-refractivity contribution in [2.75, 3.05) is 13.7 Å². The minimum absolute atomic E-state index is 0.148. The van der Waals surface area contributed by atoms with Crippen LogP contribution >= 0.6 is 0 Å². The van der Waals surface area contributed by atoms with Gasteiger partial charge in [0.25, 0.3) is 0 Å². The molecular formula is C34H36O7. The molecule has 1 saturated heterocycles. The number of ether oxygens (including phenoxy) is 6. The second kappa shape index (κ2) is 14.8. The lowest BCUT2D eigenvalue weighted by molar-refractivity contribution is -0.301. The van der Waals surface area contributed by atoms with E-state index in [1.807, 2.05) is 115 Å². The third-order valence-corrected chi connectivity index (χ3v) is 6.89. The van der Waals surface area contributed by atoms with E-state index in [2.05, 4.69) is 0 Å². The van der Waals surface area contributed by atoms with Gasteiger partial charge in [0.1, 0.15) is 35.9 Å². The van der Waals surface area contributed by atoms with Crippen LogP contribution in [-0.4, -0.2) is 49.5 Å². The second-order valence-corrected chi connectivity index (χ2v) is 9.85. The molecule has 0 saturated carbocycles. The van der Waals surface area contributed by atoms with Crippen molar-refractivity contribution in [2.24, 2.45) is 0 Å². The maximum atomic E-state index is 11.5. The Morgan fingerprint density at radius 3 is 1.63 bits per heavy atom. The Bertz CT molecular complexity index is 1290. The molecule has 4 aromatic rings. The highest BCUT2D eigenvalue weighted by atomic mass is 16.7. The van der Waals surface area contributed by atoms with Gasteiger partial charge in [-0.2, -0.15) is 0 Å². The molecule has 1 N–H and O–H groups in total. The smallest absolute Gasteiger partial charge is 0.229 e. The lowest BCUT2D eigenvalue weighted by Crippen LogP contribution is -2.61. The van der Waals surface area contributed by atoms with E-state index < -0.39 is 30.7 Å². The largest absolute Gasteiger partial charge is 0.497 e. The Balaban J connectivity index is 1.37. The number of methoxy groups -OCH3 is 1. The van der Waals surface area contributed by atoms with Crippen molar-refractivity contribution in [3.8, 4) is 11.5 Å². The first-order valence-electron chi connectivity index (χ1n) is 13.8. The Morgan fingerprint density at radius 2 is 1.10 bits per heavy atom. The van der Waals surface area contributed by atoms with Crippen LogP contribution in [0.4, 0.5) is 0 Å². The predicted octanol–water partition coefficient (Wildman–Crippen LogP) is 5.55. The summed E-state index contributed by atoms with van der Waals surface area (Å²) in [6.07, 6.45) is -4.09. The molecule has 41 heavy (non-hydrogen) atoms. The summed E-state index contributed by atoms with van der Waals surface area (Å²) in [7, 11) is 1.61. The molecule has 0 bridgehead atoms. The number of aliphatic hydroxyl groups excluding tert-OH is 1. The highest BCUT2D eigenvalue weighted by molar-refractivity contribution is 5.31. The van der Waals surface area contributed by atoms with E-state index in [0.717, 1.165) is 16.7 Å². The zero-order valence-electron chi connectivity index (χ0n) is 23.1. The van der Waals surface area contributed by atoms with E-state index >= 15 is 0 Å². The van der Waals surface area contributed by atoms with Crippen LogP contribution < -0.4 is 9.47 Å². The van der Waals surface area contributed by atoms with Gasteiger partial charge in [0.05, 0.1) is 33.5 Å². The van der Waals surface area contributed by atoms with Crippen LogP contribution in [0.15, 0.2) is 115 Å². The predicted molar refractivity (Wildman–Crippen MR) is 154 cm³/mol. The molecule has 1 fully saturated rings. The van der Waals surface area contributed by atoms with Crippen molar-refractivity contribution in [3.63, 3.8) is 0 Å². The number of aliphatic hydroxyl groups is 1. The minimum Gasteiger partial charge on any atom is -0.497 e. The summed E-state index contributed by atoms with van der Waals surface area (Å²) in [6, 6.07) is 36.8. The van der Waals surface area contributed by atoms with Gasteiger partial charge in [-0.25, -0.2) is 0 Å². The molecule has 7 nitrogen and oxygen atoms in total. The van der Waals surface area contributed by atoms with Gasteiger partial charge in [-0.1, -0.05) is 91.0 Å². The Labute approximate surface area is 241 Å². The highest BCUT2D eigenvalue weighted by Gasteiger charge is 2.48. The molecule has 0 radical (unpaired) electrons. The van der Waals surface area contributed by atoms with E-state index in [4.69, 9.17) is 28.4 Å². The first-order valence-corrected chi connectivity index (χ1v) is 13.8. The average Bonchev–Trinajstić information content (AvgIpc) is 3.03. The van der Waals surface area contributed by atoms with Crippen LogP contribution in [0.3, 0.4) is 0 Å². The fourth-order valence-corrected chi connectivity index (χ4v) is 4.68. The Morgan fingerprint density at radius 1 is 0.610 bits per heavy atom. The van der Waals surface area contributed by atoms with E-state index in [0.29, 0.717) is 31.3 Å². The van der Waals surface area contributed by atoms with Gasteiger partial charge in [0.2, 0.25) is 6.29 Å². The molecule has 1 aliphatic rings.